The molecule has 0 bridgehead atoms. The van der Waals surface area contributed by atoms with Crippen LogP contribution in [0.4, 0.5) is 0 Å². The maximum atomic E-state index is 9.86. The van der Waals surface area contributed by atoms with E-state index in [1.165, 1.54) is 17.5 Å². The van der Waals surface area contributed by atoms with E-state index in [4.69, 9.17) is 20.7 Å². The molecule has 1 saturated carbocycles. The number of hydrogen-bond donors (Lipinski definition) is 3. The number of methoxy groups -OCH3 is 1. The number of rotatable bonds is 5. The van der Waals surface area contributed by atoms with E-state index in [2.05, 4.69) is 14.7 Å². The molecule has 176 valence electrons. The third kappa shape index (κ3) is 4.27. The summed E-state index contributed by atoms with van der Waals surface area (Å²) in [5.41, 5.74) is 13.2. The standard InChI is InChI=1S/C23H31N7O2S/c1-12-9-25-19(13(2)22(12)32-3)10-30-27-18-8-17(26-14-4-6-15(31)7-5-14)16-11-33-29-23(24)21(28-30)20(16)18/h9,14-15,17,26,31H,4-8,10-11H2,1-3H3,(H2,24,29)/t14-,15-,17?. The lowest BCUT2D eigenvalue weighted by atomic mass is 9.92. The number of nitrogens with zero attached hydrogens (tertiary/aromatic N) is 5. The lowest BCUT2D eigenvalue weighted by Gasteiger charge is -2.29. The first-order valence-electron chi connectivity index (χ1n) is 11.5. The summed E-state index contributed by atoms with van der Waals surface area (Å²) in [6, 6.07) is 0.596. The van der Waals surface area contributed by atoms with E-state index < -0.39 is 0 Å². The summed E-state index contributed by atoms with van der Waals surface area (Å²) in [5, 5.41) is 25.1. The van der Waals surface area contributed by atoms with Gasteiger partial charge in [0.25, 0.3) is 0 Å². The maximum absolute atomic E-state index is 9.86. The summed E-state index contributed by atoms with van der Waals surface area (Å²) in [5.74, 6) is 2.06. The zero-order chi connectivity index (χ0) is 23.1. The molecule has 33 heavy (non-hydrogen) atoms. The Labute approximate surface area is 198 Å². The highest BCUT2D eigenvalue weighted by atomic mass is 32.2. The Morgan fingerprint density at radius 3 is 2.79 bits per heavy atom. The second-order valence-electron chi connectivity index (χ2n) is 9.15. The summed E-state index contributed by atoms with van der Waals surface area (Å²) in [7, 11) is 1.68. The van der Waals surface area contributed by atoms with E-state index in [-0.39, 0.29) is 12.1 Å². The highest BCUT2D eigenvalue weighted by molar-refractivity contribution is 7.98. The second-order valence-corrected chi connectivity index (χ2v) is 9.88. The van der Waals surface area contributed by atoms with Crippen LogP contribution >= 0.6 is 11.9 Å². The Kier molecular flexibility index (Phi) is 6.15. The first-order chi connectivity index (χ1) is 15.9. The Balaban J connectivity index is 1.42. The van der Waals surface area contributed by atoms with E-state index in [1.807, 2.05) is 20.0 Å². The van der Waals surface area contributed by atoms with Crippen LogP contribution < -0.4 is 15.8 Å². The number of aliphatic hydroxyl groups is 1. The predicted octanol–water partition coefficient (Wildman–Crippen LogP) is 2.22. The molecule has 4 aliphatic rings. The molecule has 0 saturated heterocycles. The van der Waals surface area contributed by atoms with Gasteiger partial charge in [0.2, 0.25) is 0 Å². The molecule has 9 nitrogen and oxygen atoms in total. The number of hydrogen-bond acceptors (Lipinski definition) is 10. The van der Waals surface area contributed by atoms with Crippen molar-refractivity contribution in [2.75, 3.05) is 12.9 Å². The molecular weight excluding hydrogens is 438 g/mol. The van der Waals surface area contributed by atoms with E-state index in [9.17, 15) is 5.11 Å². The monoisotopic (exact) mass is 469 g/mol. The number of amidine groups is 1. The van der Waals surface area contributed by atoms with Crippen molar-refractivity contribution in [3.05, 3.63) is 34.2 Å². The minimum atomic E-state index is -0.160. The van der Waals surface area contributed by atoms with E-state index in [0.717, 1.165) is 71.7 Å². The summed E-state index contributed by atoms with van der Waals surface area (Å²) < 4.78 is 10.0. The quantitative estimate of drug-likeness (QED) is 0.566. The van der Waals surface area contributed by atoms with Gasteiger partial charge in [-0.3, -0.25) is 4.98 Å². The van der Waals surface area contributed by atoms with Crippen LogP contribution in [0.25, 0.3) is 0 Å². The fourth-order valence-electron chi connectivity index (χ4n) is 5.17. The predicted molar refractivity (Wildman–Crippen MR) is 132 cm³/mol. The van der Waals surface area contributed by atoms with Crippen molar-refractivity contribution in [3.8, 4) is 5.75 Å². The molecule has 2 aliphatic heterocycles. The molecule has 4 N–H and O–H groups in total. The Hall–Kier alpha value is -2.43. The van der Waals surface area contributed by atoms with Gasteiger partial charge in [0.15, 0.2) is 5.84 Å². The number of aliphatic hydroxyl groups excluding tert-OH is 1. The smallest absolute Gasteiger partial charge is 0.160 e. The Bertz CT molecular complexity index is 1070. The van der Waals surface area contributed by atoms with Crippen molar-refractivity contribution in [1.82, 2.24) is 15.4 Å². The average molecular weight is 470 g/mol. The third-order valence-corrected chi connectivity index (χ3v) is 7.68. The van der Waals surface area contributed by atoms with Crippen molar-refractivity contribution in [2.24, 2.45) is 20.3 Å². The summed E-state index contributed by atoms with van der Waals surface area (Å²) in [6.45, 7) is 4.43. The van der Waals surface area contributed by atoms with Gasteiger partial charge < -0.3 is 20.9 Å². The van der Waals surface area contributed by atoms with Gasteiger partial charge in [0, 0.05) is 47.2 Å². The van der Waals surface area contributed by atoms with Crippen molar-refractivity contribution >= 4 is 29.2 Å². The minimum absolute atomic E-state index is 0.160. The second kappa shape index (κ2) is 9.08. The lowest BCUT2D eigenvalue weighted by Crippen LogP contribution is -2.41. The van der Waals surface area contributed by atoms with Crippen LogP contribution in [-0.4, -0.2) is 63.5 Å². The number of nitrogens with one attached hydrogen (secondary N) is 1. The normalized spacial score (nSPS) is 27.0. The zero-order valence-electron chi connectivity index (χ0n) is 19.3. The van der Waals surface area contributed by atoms with Crippen LogP contribution in [0.15, 0.2) is 31.9 Å². The van der Waals surface area contributed by atoms with Crippen LogP contribution in [0.3, 0.4) is 0 Å². The number of ether oxygens (including phenoxy) is 1. The van der Waals surface area contributed by atoms with Crippen LogP contribution in [-0.2, 0) is 6.54 Å². The van der Waals surface area contributed by atoms with Gasteiger partial charge in [-0.05, 0) is 57.1 Å². The van der Waals surface area contributed by atoms with Gasteiger partial charge in [-0.2, -0.15) is 19.7 Å². The van der Waals surface area contributed by atoms with Crippen molar-refractivity contribution in [3.63, 3.8) is 0 Å². The summed E-state index contributed by atoms with van der Waals surface area (Å²) >= 11 is 1.47. The molecule has 5 rings (SSSR count). The first-order valence-corrected chi connectivity index (χ1v) is 12.4. The van der Waals surface area contributed by atoms with Crippen LogP contribution in [0.2, 0.25) is 0 Å². The Morgan fingerprint density at radius 2 is 2.03 bits per heavy atom. The van der Waals surface area contributed by atoms with E-state index >= 15 is 0 Å². The maximum Gasteiger partial charge on any atom is 0.160 e. The van der Waals surface area contributed by atoms with Gasteiger partial charge in [-0.25, -0.2) is 0 Å². The van der Waals surface area contributed by atoms with E-state index in [0.29, 0.717) is 24.1 Å². The molecule has 1 aromatic heterocycles. The van der Waals surface area contributed by atoms with Crippen molar-refractivity contribution in [1.29, 1.82) is 0 Å². The lowest BCUT2D eigenvalue weighted by molar-refractivity contribution is 0.115. The third-order valence-electron chi connectivity index (χ3n) is 6.92. The molecular formula is C23H31N7O2S. The fraction of sp³-hybridized carbons (Fsp3) is 0.565. The molecule has 0 amide bonds. The minimum Gasteiger partial charge on any atom is -0.496 e. The van der Waals surface area contributed by atoms with E-state index in [1.54, 1.807) is 12.2 Å². The van der Waals surface area contributed by atoms with Crippen molar-refractivity contribution < 1.29 is 9.84 Å². The van der Waals surface area contributed by atoms with Crippen LogP contribution in [0, 0.1) is 13.8 Å². The number of aryl methyl sites for hydroxylation is 1. The van der Waals surface area contributed by atoms with Gasteiger partial charge in [0.1, 0.15) is 18.0 Å². The number of pyridine rings is 1. The first kappa shape index (κ1) is 22.4. The molecule has 1 aromatic rings. The highest BCUT2D eigenvalue weighted by Gasteiger charge is 2.39. The van der Waals surface area contributed by atoms with Crippen molar-refractivity contribution in [2.45, 2.75) is 70.7 Å². The molecule has 1 atom stereocenters. The largest absolute Gasteiger partial charge is 0.496 e. The van der Waals surface area contributed by atoms with Gasteiger partial charge in [-0.15, -0.1) is 0 Å². The average Bonchev–Trinajstić information content (AvgIpc) is 3.04. The summed E-state index contributed by atoms with van der Waals surface area (Å²) in [4.78, 5) is 4.61. The highest BCUT2D eigenvalue weighted by Crippen LogP contribution is 2.35. The molecule has 10 heteroatoms. The topological polar surface area (TPSA) is 121 Å². The summed E-state index contributed by atoms with van der Waals surface area (Å²) in [6.07, 6.45) is 6.16. The van der Waals surface area contributed by atoms with Crippen LogP contribution in [0.5, 0.6) is 5.75 Å². The van der Waals surface area contributed by atoms with Gasteiger partial charge >= 0.3 is 0 Å². The molecule has 1 fully saturated rings. The molecule has 0 radical (unpaired) electrons. The Morgan fingerprint density at radius 1 is 1.24 bits per heavy atom. The van der Waals surface area contributed by atoms with Crippen LogP contribution in [0.1, 0.15) is 48.9 Å². The molecule has 2 aliphatic carbocycles. The number of hydrazone groups is 2. The molecule has 0 aromatic carbocycles. The molecule has 0 spiro atoms. The van der Waals surface area contributed by atoms with Gasteiger partial charge in [-0.1, -0.05) is 0 Å². The SMILES string of the molecule is COc1c(C)cnc(CN2N=C3CC(N[C@H]4CC[C@H](O)CC4)C4=C3C(=N2)C(N)=NSC4)c1C. The number of aromatic nitrogens is 1. The molecule has 1 unspecified atom stereocenters. The van der Waals surface area contributed by atoms with Gasteiger partial charge in [0.05, 0.1) is 24.6 Å². The zero-order valence-corrected chi connectivity index (χ0v) is 20.2. The fourth-order valence-corrected chi connectivity index (χ4v) is 5.95. The number of nitrogens with two attached hydrogens (primary N) is 1. The molecule has 3 heterocycles.